The van der Waals surface area contributed by atoms with Gasteiger partial charge in [0.1, 0.15) is 16.8 Å². The predicted octanol–water partition coefficient (Wildman–Crippen LogP) is 7.65. The topological polar surface area (TPSA) is 57.1 Å². The van der Waals surface area contributed by atoms with Crippen LogP contribution in [0.3, 0.4) is 0 Å². The molecule has 4 rings (SSSR count). The summed E-state index contributed by atoms with van der Waals surface area (Å²) < 4.78 is 0. The van der Waals surface area contributed by atoms with Gasteiger partial charge in [0, 0.05) is 4.90 Å². The van der Waals surface area contributed by atoms with Gasteiger partial charge in [-0.1, -0.05) is 58.6 Å². The van der Waals surface area contributed by atoms with Crippen LogP contribution in [-0.4, -0.2) is 23.7 Å². The quantitative estimate of drug-likeness (QED) is 0.344. The van der Waals surface area contributed by atoms with Gasteiger partial charge >= 0.3 is 0 Å². The third-order valence-corrected chi connectivity index (χ3v) is 7.50. The van der Waals surface area contributed by atoms with Crippen LogP contribution in [0.2, 0.25) is 15.1 Å². The number of nitrogens with one attached hydrogen (secondary N) is 1. The van der Waals surface area contributed by atoms with Crippen molar-refractivity contribution < 1.29 is 4.79 Å². The van der Waals surface area contributed by atoms with Gasteiger partial charge in [0.25, 0.3) is 5.91 Å². The average molecular weight is 532 g/mol. The molecule has 1 amide bonds. The fourth-order valence-electron chi connectivity index (χ4n) is 3.57. The Bertz CT molecular complexity index is 1320. The second-order valence-electron chi connectivity index (χ2n) is 7.92. The zero-order valence-corrected chi connectivity index (χ0v) is 21.8. The molecule has 9 heteroatoms. The van der Waals surface area contributed by atoms with E-state index < -0.39 is 5.25 Å². The summed E-state index contributed by atoms with van der Waals surface area (Å²) in [5.41, 5.74) is 7.73. The van der Waals surface area contributed by atoms with E-state index in [1.165, 1.54) is 16.8 Å². The van der Waals surface area contributed by atoms with E-state index in [1.807, 2.05) is 51.1 Å². The Morgan fingerprint density at radius 2 is 1.59 bits per heavy atom. The molecule has 0 aliphatic carbocycles. The Morgan fingerprint density at radius 3 is 2.21 bits per heavy atom. The summed E-state index contributed by atoms with van der Waals surface area (Å²) in [7, 11) is 0. The lowest BCUT2D eigenvalue weighted by Crippen LogP contribution is -2.36. The fourth-order valence-corrected chi connectivity index (χ4v) is 5.56. The number of amides is 1. The summed E-state index contributed by atoms with van der Waals surface area (Å²) >= 11 is 20.8. The highest BCUT2D eigenvalue weighted by molar-refractivity contribution is 8.01. The highest BCUT2D eigenvalue weighted by Crippen LogP contribution is 2.41. The van der Waals surface area contributed by atoms with Gasteiger partial charge in [-0.25, -0.2) is 10.0 Å². The molecule has 1 unspecified atom stereocenters. The molecule has 1 aliphatic rings. The Balaban J connectivity index is 1.80. The number of rotatable bonds is 5. The molecule has 3 aromatic carbocycles. The van der Waals surface area contributed by atoms with Crippen molar-refractivity contribution in [3.05, 3.63) is 80.3 Å². The molecule has 1 aliphatic heterocycles. The number of hydrogen-bond donors (Lipinski definition) is 1. The lowest BCUT2D eigenvalue weighted by molar-refractivity contribution is -0.116. The number of aryl methyl sites for hydroxylation is 3. The molecule has 3 aromatic rings. The van der Waals surface area contributed by atoms with Gasteiger partial charge in [-0.15, -0.1) is 11.8 Å². The zero-order valence-electron chi connectivity index (χ0n) is 18.7. The monoisotopic (exact) mass is 530 g/mol. The number of carbonyl (C=O) groups is 1. The molecule has 0 aromatic heterocycles. The van der Waals surface area contributed by atoms with Crippen LogP contribution in [0.1, 0.15) is 16.7 Å². The van der Waals surface area contributed by atoms with Crippen LogP contribution < -0.4 is 10.4 Å². The van der Waals surface area contributed by atoms with Crippen molar-refractivity contribution in [2.45, 2.75) is 30.9 Å². The van der Waals surface area contributed by atoms with Crippen molar-refractivity contribution in [3.63, 3.8) is 0 Å². The van der Waals surface area contributed by atoms with Crippen LogP contribution >= 0.6 is 46.6 Å². The molecular weight excluding hydrogens is 511 g/mol. The van der Waals surface area contributed by atoms with Gasteiger partial charge in [0.2, 0.25) is 0 Å². The molecule has 1 fully saturated rings. The van der Waals surface area contributed by atoms with Gasteiger partial charge in [-0.2, -0.15) is 0 Å². The van der Waals surface area contributed by atoms with Gasteiger partial charge in [-0.05, 0) is 68.9 Å². The highest BCUT2D eigenvalue weighted by atomic mass is 35.5. The van der Waals surface area contributed by atoms with Crippen molar-refractivity contribution in [1.82, 2.24) is 5.43 Å². The minimum Gasteiger partial charge on any atom is -0.276 e. The zero-order chi connectivity index (χ0) is 24.6. The average Bonchev–Trinajstić information content (AvgIpc) is 3.06. The molecule has 1 saturated heterocycles. The lowest BCUT2D eigenvalue weighted by atomic mass is 10.2. The number of anilines is 1. The fraction of sp³-hybridized carbons (Fsp3) is 0.160. The molecule has 0 bridgehead atoms. The van der Waals surface area contributed by atoms with Crippen LogP contribution in [0.15, 0.2) is 63.4 Å². The number of carbonyl (C=O) groups excluding carboxylic acids is 1. The number of amidine groups is 1. The number of benzene rings is 3. The Hall–Kier alpha value is -2.51. The summed E-state index contributed by atoms with van der Waals surface area (Å²) in [4.78, 5) is 23.2. The van der Waals surface area contributed by atoms with E-state index in [9.17, 15) is 4.79 Å². The molecule has 1 atom stereocenters. The van der Waals surface area contributed by atoms with Crippen LogP contribution in [0.4, 0.5) is 17.1 Å². The van der Waals surface area contributed by atoms with E-state index in [1.54, 1.807) is 12.1 Å². The first kappa shape index (κ1) is 24.6. The van der Waals surface area contributed by atoms with Crippen molar-refractivity contribution in [3.8, 4) is 0 Å². The van der Waals surface area contributed by atoms with Crippen molar-refractivity contribution >= 4 is 82.1 Å². The first-order valence-corrected chi connectivity index (χ1v) is 12.3. The van der Waals surface area contributed by atoms with E-state index in [4.69, 9.17) is 39.8 Å². The van der Waals surface area contributed by atoms with E-state index in [2.05, 4.69) is 23.2 Å². The van der Waals surface area contributed by atoms with E-state index in [0.717, 1.165) is 21.6 Å². The predicted molar refractivity (Wildman–Crippen MR) is 145 cm³/mol. The van der Waals surface area contributed by atoms with Crippen molar-refractivity contribution in [2.75, 3.05) is 5.01 Å². The number of nitrogens with zero attached hydrogens (tertiary/aromatic N) is 3. The number of aliphatic imine (C=N–C) groups is 2. The van der Waals surface area contributed by atoms with Gasteiger partial charge in [0.05, 0.1) is 26.4 Å². The standard InChI is InChI=1S/C25H21Cl3N4OS/c1-13-6-8-21(15(3)9-13)34-23-24(30-20-7-5-14(2)10-17(20)26)31-32(25(23)33)22-18(27)11-16(29-4)12-19(22)28/h5-12,23H,4H2,1-3H3,(H,30,31). The minimum absolute atomic E-state index is 0.255. The third-order valence-electron chi connectivity index (χ3n) is 5.25. The van der Waals surface area contributed by atoms with Crippen molar-refractivity contribution in [2.24, 2.45) is 9.98 Å². The van der Waals surface area contributed by atoms with E-state index >= 15 is 0 Å². The van der Waals surface area contributed by atoms with Gasteiger partial charge in [0.15, 0.2) is 0 Å². The number of halogens is 3. The first-order valence-electron chi connectivity index (χ1n) is 10.3. The second-order valence-corrected chi connectivity index (χ2v) is 10.3. The van der Waals surface area contributed by atoms with Crippen LogP contribution in [0.5, 0.6) is 0 Å². The summed E-state index contributed by atoms with van der Waals surface area (Å²) in [6.45, 7) is 9.50. The Kier molecular flexibility index (Phi) is 7.24. The summed E-state index contributed by atoms with van der Waals surface area (Å²) in [6, 6.07) is 14.9. The van der Waals surface area contributed by atoms with Gasteiger partial charge in [-0.3, -0.25) is 15.2 Å². The second kappa shape index (κ2) is 10.0. The van der Waals surface area contributed by atoms with Gasteiger partial charge < -0.3 is 0 Å². The van der Waals surface area contributed by atoms with Crippen LogP contribution in [-0.2, 0) is 4.79 Å². The summed E-state index contributed by atoms with van der Waals surface area (Å²) in [5.74, 6) is 0.175. The van der Waals surface area contributed by atoms with Crippen LogP contribution in [0, 0.1) is 20.8 Å². The number of thioether (sulfide) groups is 1. The molecule has 34 heavy (non-hydrogen) atoms. The highest BCUT2D eigenvalue weighted by Gasteiger charge is 2.41. The minimum atomic E-state index is -0.664. The molecule has 1 heterocycles. The Morgan fingerprint density at radius 1 is 0.941 bits per heavy atom. The molecule has 0 spiro atoms. The smallest absolute Gasteiger partial charge is 0.267 e. The van der Waals surface area contributed by atoms with E-state index in [0.29, 0.717) is 27.9 Å². The Labute approximate surface area is 217 Å². The molecule has 1 N–H and O–H groups in total. The SMILES string of the molecule is C=Nc1cc(Cl)c(N2NC(=Nc3ccc(C)cc3Cl)C(Sc3ccc(C)cc3C)C2=O)c(Cl)c1. The molecule has 0 radical (unpaired) electrons. The summed E-state index contributed by atoms with van der Waals surface area (Å²) in [6.07, 6.45) is 0. The number of hydrazine groups is 1. The number of hydrogen-bond acceptors (Lipinski definition) is 4. The maximum atomic E-state index is 13.7. The normalized spacial score (nSPS) is 16.8. The van der Waals surface area contributed by atoms with E-state index in [-0.39, 0.29) is 16.0 Å². The largest absolute Gasteiger partial charge is 0.276 e. The third kappa shape index (κ3) is 4.96. The molecule has 5 nitrogen and oxygen atoms in total. The summed E-state index contributed by atoms with van der Waals surface area (Å²) in [5, 5.41) is 1.69. The first-order chi connectivity index (χ1) is 16.2. The van der Waals surface area contributed by atoms with Crippen molar-refractivity contribution in [1.29, 1.82) is 0 Å². The maximum Gasteiger partial charge on any atom is 0.267 e. The molecule has 0 saturated carbocycles. The molecule has 174 valence electrons. The lowest BCUT2D eigenvalue weighted by Gasteiger charge is -2.19. The molecular formula is C25H21Cl3N4OS. The van der Waals surface area contributed by atoms with Crippen LogP contribution in [0.25, 0.3) is 0 Å². The maximum absolute atomic E-state index is 13.7.